The van der Waals surface area contributed by atoms with Gasteiger partial charge in [-0.15, -0.1) is 0 Å². The van der Waals surface area contributed by atoms with Gasteiger partial charge < -0.3 is 4.42 Å². The van der Waals surface area contributed by atoms with E-state index in [4.69, 9.17) is 4.42 Å². The molecule has 0 fully saturated rings. The number of hydrogen-bond donors (Lipinski definition) is 0. The van der Waals surface area contributed by atoms with Gasteiger partial charge in [0.2, 0.25) is 0 Å². The molecule has 130 valence electrons. The minimum absolute atomic E-state index is 0.344. The molecule has 1 aliphatic rings. The fraction of sp³-hybridized carbons (Fsp3) is 0.182. The number of aryl methyl sites for hydroxylation is 1. The van der Waals surface area contributed by atoms with Crippen LogP contribution in [0.15, 0.2) is 65.3 Å². The number of furan rings is 1. The highest BCUT2D eigenvalue weighted by atomic mass is 127. The Kier molecular flexibility index (Phi) is 3.40. The summed E-state index contributed by atoms with van der Waals surface area (Å²) in [5.74, 6) is 0. The standard InChI is InChI=1S/C22H20IN2O/c1-14-19(24-12-13-25(3,23)15(24)2)10-9-18-21-17-7-5-4-6-16(17)8-11-20(21)26-22(14)18/h4-13,15H,1-3H3/q+1/t15-,25?/m1/s1. The maximum absolute atomic E-state index is 6.32. The number of hydrogen-bond acceptors (Lipinski definition) is 2. The van der Waals surface area contributed by atoms with Gasteiger partial charge in [-0.05, 0) is 35.9 Å². The summed E-state index contributed by atoms with van der Waals surface area (Å²) in [5, 5.41) is 4.91. The van der Waals surface area contributed by atoms with Gasteiger partial charge in [-0.25, -0.2) is 2.70 Å². The van der Waals surface area contributed by atoms with Crippen molar-refractivity contribution >= 4 is 61.3 Å². The number of quaternary nitrogens is 1. The average molecular weight is 455 g/mol. The Hall–Kier alpha value is -2.05. The molecule has 3 nitrogen and oxygen atoms in total. The molecule has 5 rings (SSSR count). The summed E-state index contributed by atoms with van der Waals surface area (Å²) in [6.45, 7) is 4.42. The van der Waals surface area contributed by atoms with Crippen molar-refractivity contribution in [3.8, 4) is 0 Å². The van der Waals surface area contributed by atoms with Gasteiger partial charge >= 0.3 is 0 Å². The maximum atomic E-state index is 6.32. The van der Waals surface area contributed by atoms with Crippen molar-refractivity contribution in [2.24, 2.45) is 0 Å². The summed E-state index contributed by atoms with van der Waals surface area (Å²) in [6.07, 6.45) is 4.75. The van der Waals surface area contributed by atoms with Crippen LogP contribution in [0.5, 0.6) is 0 Å². The molecule has 3 aromatic carbocycles. The van der Waals surface area contributed by atoms with Crippen LogP contribution in [-0.4, -0.2) is 15.9 Å². The van der Waals surface area contributed by atoms with E-state index in [-0.39, 0.29) is 0 Å². The number of benzene rings is 3. The summed E-state index contributed by atoms with van der Waals surface area (Å²) in [7, 11) is 2.21. The van der Waals surface area contributed by atoms with Crippen LogP contribution < -0.4 is 4.90 Å². The Balaban J connectivity index is 1.78. The van der Waals surface area contributed by atoms with Crippen LogP contribution in [0, 0.1) is 6.92 Å². The summed E-state index contributed by atoms with van der Waals surface area (Å²) in [5.41, 5.74) is 4.35. The molecule has 1 aromatic heterocycles. The van der Waals surface area contributed by atoms with E-state index >= 15 is 0 Å². The van der Waals surface area contributed by atoms with E-state index in [0.717, 1.165) is 13.9 Å². The second-order valence-corrected chi connectivity index (χ2v) is 9.29. The minimum atomic E-state index is 0.344. The van der Waals surface area contributed by atoms with E-state index in [0.29, 0.717) is 6.17 Å². The quantitative estimate of drug-likeness (QED) is 0.241. The fourth-order valence-electron chi connectivity index (χ4n) is 3.99. The topological polar surface area (TPSA) is 16.4 Å². The van der Waals surface area contributed by atoms with E-state index in [2.05, 4.69) is 110 Å². The highest BCUT2D eigenvalue weighted by molar-refractivity contribution is 14.1. The van der Waals surface area contributed by atoms with Gasteiger partial charge in [-0.2, -0.15) is 0 Å². The maximum Gasteiger partial charge on any atom is 0.255 e. The van der Waals surface area contributed by atoms with Crippen LogP contribution in [-0.2, 0) is 0 Å². The SMILES string of the molecule is Cc1c(N2C=C[N+](C)(I)[C@@H]2C)ccc2c1oc1ccc3ccccc3c12. The average Bonchev–Trinajstić information content (AvgIpc) is 3.14. The lowest BCUT2D eigenvalue weighted by Crippen LogP contribution is -2.41. The van der Waals surface area contributed by atoms with Crippen molar-refractivity contribution in [3.63, 3.8) is 0 Å². The van der Waals surface area contributed by atoms with Crippen molar-refractivity contribution in [2.75, 3.05) is 11.9 Å². The molecule has 4 heteroatoms. The molecule has 1 aliphatic heterocycles. The van der Waals surface area contributed by atoms with Crippen LogP contribution in [0.1, 0.15) is 12.5 Å². The molecular weight excluding hydrogens is 435 g/mol. The molecule has 0 amide bonds. The first-order valence-corrected chi connectivity index (χ1v) is 9.81. The molecule has 0 N–H and O–H groups in total. The zero-order valence-electron chi connectivity index (χ0n) is 15.0. The molecule has 2 heterocycles. The number of fused-ring (bicyclic) bond motifs is 5. The van der Waals surface area contributed by atoms with Gasteiger partial charge in [0, 0.05) is 23.3 Å². The molecule has 1 unspecified atom stereocenters. The second-order valence-electron chi connectivity index (χ2n) is 7.22. The number of anilines is 1. The third-order valence-electron chi connectivity index (χ3n) is 5.68. The van der Waals surface area contributed by atoms with Crippen LogP contribution in [0.25, 0.3) is 32.7 Å². The third-order valence-corrected chi connectivity index (χ3v) is 6.81. The monoisotopic (exact) mass is 455 g/mol. The summed E-state index contributed by atoms with van der Waals surface area (Å²) in [6, 6.07) is 17.2. The van der Waals surface area contributed by atoms with E-state index in [1.807, 2.05) is 0 Å². The first kappa shape index (κ1) is 16.1. The van der Waals surface area contributed by atoms with Gasteiger partial charge in [0.15, 0.2) is 6.17 Å². The van der Waals surface area contributed by atoms with Crippen molar-refractivity contribution < 1.29 is 7.11 Å². The Labute approximate surface area is 166 Å². The number of halogens is 1. The van der Waals surface area contributed by atoms with E-state index in [1.165, 1.54) is 32.8 Å². The number of rotatable bonds is 1. The molecule has 0 radical (unpaired) electrons. The Morgan fingerprint density at radius 1 is 1.04 bits per heavy atom. The smallest absolute Gasteiger partial charge is 0.255 e. The molecule has 0 saturated heterocycles. The Bertz CT molecular complexity index is 1210. The lowest BCUT2D eigenvalue weighted by Gasteiger charge is -2.30. The van der Waals surface area contributed by atoms with Gasteiger partial charge in [-0.3, -0.25) is 4.90 Å². The summed E-state index contributed by atoms with van der Waals surface area (Å²) in [4.78, 5) is 2.34. The Morgan fingerprint density at radius 2 is 1.85 bits per heavy atom. The highest BCUT2D eigenvalue weighted by Crippen LogP contribution is 2.41. The lowest BCUT2D eigenvalue weighted by molar-refractivity contribution is -0.692. The zero-order chi connectivity index (χ0) is 18.1. The second kappa shape index (κ2) is 5.47. The van der Waals surface area contributed by atoms with Crippen LogP contribution in [0.2, 0.25) is 0 Å². The summed E-state index contributed by atoms with van der Waals surface area (Å²) < 4.78 is 7.14. The predicted molar refractivity (Wildman–Crippen MR) is 117 cm³/mol. The lowest BCUT2D eigenvalue weighted by atomic mass is 10.0. The molecule has 0 bridgehead atoms. The predicted octanol–water partition coefficient (Wildman–Crippen LogP) is 6.48. The molecule has 2 atom stereocenters. The van der Waals surface area contributed by atoms with Gasteiger partial charge in [0.25, 0.3) is 22.9 Å². The summed E-state index contributed by atoms with van der Waals surface area (Å²) >= 11 is 2.47. The van der Waals surface area contributed by atoms with Crippen LogP contribution in [0.4, 0.5) is 5.69 Å². The Morgan fingerprint density at radius 3 is 2.62 bits per heavy atom. The molecule has 0 spiro atoms. The first-order valence-electron chi connectivity index (χ1n) is 8.84. The fourth-order valence-corrected chi connectivity index (χ4v) is 4.40. The third kappa shape index (κ3) is 2.15. The largest absolute Gasteiger partial charge is 0.456 e. The van der Waals surface area contributed by atoms with Gasteiger partial charge in [-0.1, -0.05) is 30.3 Å². The van der Waals surface area contributed by atoms with Crippen molar-refractivity contribution in [1.82, 2.24) is 0 Å². The molecule has 0 aliphatic carbocycles. The minimum Gasteiger partial charge on any atom is -0.456 e. The van der Waals surface area contributed by atoms with Crippen LogP contribution >= 0.6 is 22.9 Å². The van der Waals surface area contributed by atoms with Crippen molar-refractivity contribution in [3.05, 3.63) is 66.5 Å². The van der Waals surface area contributed by atoms with E-state index in [1.54, 1.807) is 0 Å². The van der Waals surface area contributed by atoms with Gasteiger partial charge in [0.05, 0.1) is 18.9 Å². The normalized spacial score (nSPS) is 22.9. The molecular formula is C22H20IN2O+. The highest BCUT2D eigenvalue weighted by Gasteiger charge is 2.36. The first-order chi connectivity index (χ1) is 12.5. The van der Waals surface area contributed by atoms with E-state index < -0.39 is 0 Å². The van der Waals surface area contributed by atoms with Crippen LogP contribution in [0.3, 0.4) is 0 Å². The molecule has 4 aromatic rings. The zero-order valence-corrected chi connectivity index (χ0v) is 17.2. The van der Waals surface area contributed by atoms with Crippen molar-refractivity contribution in [2.45, 2.75) is 20.0 Å². The van der Waals surface area contributed by atoms with Gasteiger partial charge in [0.1, 0.15) is 17.4 Å². The number of nitrogens with zero attached hydrogens (tertiary/aromatic N) is 2. The van der Waals surface area contributed by atoms with Crippen molar-refractivity contribution in [1.29, 1.82) is 0 Å². The molecule has 0 saturated carbocycles. The molecule has 26 heavy (non-hydrogen) atoms. The van der Waals surface area contributed by atoms with E-state index in [9.17, 15) is 0 Å².